The molecule has 0 amide bonds. The van der Waals surface area contributed by atoms with Crippen molar-refractivity contribution in [3.8, 4) is 0 Å². The van der Waals surface area contributed by atoms with E-state index in [0.717, 1.165) is 37.6 Å². The number of nitrogens with zero attached hydrogens (tertiary/aromatic N) is 3. The van der Waals surface area contributed by atoms with Crippen molar-refractivity contribution in [3.05, 3.63) is 53.6 Å². The lowest BCUT2D eigenvalue weighted by molar-refractivity contribution is 0.0600. The molecule has 1 aromatic heterocycles. The number of carbonyl (C=O) groups is 1. The fourth-order valence-corrected chi connectivity index (χ4v) is 3.04. The third-order valence-electron chi connectivity index (χ3n) is 4.24. The number of carbonyl (C=O) groups excluding carboxylic acids is 1. The molecule has 1 aliphatic heterocycles. The summed E-state index contributed by atoms with van der Waals surface area (Å²) in [6, 6.07) is 7.86. The van der Waals surface area contributed by atoms with Gasteiger partial charge in [0.2, 0.25) is 0 Å². The highest BCUT2D eigenvalue weighted by Gasteiger charge is 2.26. The Balaban J connectivity index is 1.80. The molecule has 23 heavy (non-hydrogen) atoms. The van der Waals surface area contributed by atoms with E-state index < -0.39 is 0 Å². The molecule has 0 aliphatic carbocycles. The van der Waals surface area contributed by atoms with Crippen molar-refractivity contribution in [2.45, 2.75) is 12.6 Å². The van der Waals surface area contributed by atoms with E-state index in [9.17, 15) is 4.79 Å². The summed E-state index contributed by atoms with van der Waals surface area (Å²) in [7, 11) is 3.43. The molecule has 0 radical (unpaired) electrons. The third kappa shape index (κ3) is 3.43. The number of methoxy groups -OCH3 is 1. The third-order valence-corrected chi connectivity index (χ3v) is 4.24. The molecule has 1 aliphatic rings. The van der Waals surface area contributed by atoms with Crippen LogP contribution in [0.25, 0.3) is 0 Å². The Morgan fingerprint density at radius 1 is 1.48 bits per heavy atom. The number of imidazole rings is 1. The van der Waals surface area contributed by atoms with Crippen LogP contribution < -0.4 is 5.32 Å². The number of aromatic nitrogens is 2. The van der Waals surface area contributed by atoms with Crippen LogP contribution in [0.4, 0.5) is 0 Å². The van der Waals surface area contributed by atoms with Gasteiger partial charge in [-0.25, -0.2) is 9.78 Å². The lowest BCUT2D eigenvalue weighted by Crippen LogP contribution is -2.46. The zero-order valence-electron chi connectivity index (χ0n) is 13.5. The van der Waals surface area contributed by atoms with Crippen molar-refractivity contribution < 1.29 is 9.53 Å². The van der Waals surface area contributed by atoms with Crippen molar-refractivity contribution in [2.75, 3.05) is 26.7 Å². The van der Waals surface area contributed by atoms with Crippen LogP contribution >= 0.6 is 0 Å². The first-order valence-corrected chi connectivity index (χ1v) is 7.78. The van der Waals surface area contributed by atoms with Gasteiger partial charge in [-0.2, -0.15) is 0 Å². The van der Waals surface area contributed by atoms with E-state index in [1.165, 1.54) is 7.11 Å². The van der Waals surface area contributed by atoms with Crippen LogP contribution in [-0.2, 0) is 18.3 Å². The highest BCUT2D eigenvalue weighted by atomic mass is 16.5. The molecule has 6 nitrogen and oxygen atoms in total. The number of hydrogen-bond donors (Lipinski definition) is 1. The number of esters is 1. The summed E-state index contributed by atoms with van der Waals surface area (Å²) in [5.41, 5.74) is 1.70. The quantitative estimate of drug-likeness (QED) is 0.863. The summed E-state index contributed by atoms with van der Waals surface area (Å²) in [5, 5.41) is 3.44. The fourth-order valence-electron chi connectivity index (χ4n) is 3.04. The molecular weight excluding hydrogens is 292 g/mol. The molecule has 1 aromatic carbocycles. The van der Waals surface area contributed by atoms with Gasteiger partial charge in [0.05, 0.1) is 18.7 Å². The second-order valence-electron chi connectivity index (χ2n) is 5.78. The van der Waals surface area contributed by atoms with Crippen molar-refractivity contribution in [1.82, 2.24) is 19.8 Å². The van der Waals surface area contributed by atoms with Gasteiger partial charge in [0.1, 0.15) is 5.82 Å². The van der Waals surface area contributed by atoms with Gasteiger partial charge in [-0.05, 0) is 17.7 Å². The smallest absolute Gasteiger partial charge is 0.337 e. The molecular formula is C17H22N4O2. The van der Waals surface area contributed by atoms with Crippen LogP contribution in [0.2, 0.25) is 0 Å². The largest absolute Gasteiger partial charge is 0.465 e. The molecule has 6 heteroatoms. The predicted octanol–water partition coefficient (Wildman–Crippen LogP) is 1.35. The molecule has 0 spiro atoms. The summed E-state index contributed by atoms with van der Waals surface area (Å²) in [4.78, 5) is 18.6. The maximum Gasteiger partial charge on any atom is 0.337 e. The molecule has 0 saturated carbocycles. The Labute approximate surface area is 136 Å². The van der Waals surface area contributed by atoms with Gasteiger partial charge in [0.25, 0.3) is 0 Å². The summed E-state index contributed by atoms with van der Waals surface area (Å²) in [6.07, 6.45) is 3.81. The number of nitrogens with one attached hydrogen (secondary N) is 1. The molecule has 1 saturated heterocycles. The van der Waals surface area contributed by atoms with E-state index in [-0.39, 0.29) is 12.0 Å². The average Bonchev–Trinajstić information content (AvgIpc) is 3.01. The van der Waals surface area contributed by atoms with Gasteiger partial charge in [0.15, 0.2) is 0 Å². The van der Waals surface area contributed by atoms with Crippen molar-refractivity contribution in [2.24, 2.45) is 7.05 Å². The van der Waals surface area contributed by atoms with Gasteiger partial charge in [-0.3, -0.25) is 4.90 Å². The normalized spacial score (nSPS) is 18.8. The number of ether oxygens (including phenoxy) is 1. The standard InChI is InChI=1S/C17H22N4O2/c1-20-8-7-19-16(20)15-11-18-6-9-21(15)12-13-4-3-5-14(10-13)17(22)23-2/h3-5,7-8,10,15,18H,6,9,11-12H2,1-2H3. The number of piperazine rings is 1. The molecule has 1 N–H and O–H groups in total. The number of rotatable bonds is 4. The minimum Gasteiger partial charge on any atom is -0.465 e. The molecule has 3 rings (SSSR count). The second-order valence-corrected chi connectivity index (χ2v) is 5.78. The van der Waals surface area contributed by atoms with Crippen molar-refractivity contribution in [3.63, 3.8) is 0 Å². The molecule has 2 heterocycles. The lowest BCUT2D eigenvalue weighted by Gasteiger charge is -2.35. The van der Waals surface area contributed by atoms with E-state index >= 15 is 0 Å². The Kier molecular flexibility index (Phi) is 4.73. The fraction of sp³-hybridized carbons (Fsp3) is 0.412. The van der Waals surface area contributed by atoms with Gasteiger partial charge in [0, 0.05) is 45.6 Å². The second kappa shape index (κ2) is 6.93. The van der Waals surface area contributed by atoms with Gasteiger partial charge < -0.3 is 14.6 Å². The Morgan fingerprint density at radius 3 is 3.09 bits per heavy atom. The summed E-state index contributed by atoms with van der Waals surface area (Å²) in [6.45, 7) is 3.56. The average molecular weight is 314 g/mol. The van der Waals surface area contributed by atoms with Crippen LogP contribution in [0.15, 0.2) is 36.7 Å². The predicted molar refractivity (Wildman–Crippen MR) is 87.0 cm³/mol. The van der Waals surface area contributed by atoms with E-state index in [1.54, 1.807) is 6.07 Å². The van der Waals surface area contributed by atoms with Crippen LogP contribution in [0.5, 0.6) is 0 Å². The lowest BCUT2D eigenvalue weighted by atomic mass is 10.1. The first-order valence-electron chi connectivity index (χ1n) is 7.78. The van der Waals surface area contributed by atoms with Crippen molar-refractivity contribution >= 4 is 5.97 Å². The zero-order valence-corrected chi connectivity index (χ0v) is 13.5. The maximum atomic E-state index is 11.7. The van der Waals surface area contributed by atoms with Crippen LogP contribution in [0.1, 0.15) is 27.8 Å². The van der Waals surface area contributed by atoms with E-state index in [0.29, 0.717) is 5.56 Å². The van der Waals surface area contributed by atoms with Crippen LogP contribution in [0, 0.1) is 0 Å². The van der Waals surface area contributed by atoms with Crippen LogP contribution in [-0.4, -0.2) is 47.2 Å². The Hall–Kier alpha value is -2.18. The van der Waals surface area contributed by atoms with E-state index in [2.05, 4.69) is 19.8 Å². The van der Waals surface area contributed by atoms with Gasteiger partial charge in [-0.15, -0.1) is 0 Å². The molecule has 0 bridgehead atoms. The number of hydrogen-bond acceptors (Lipinski definition) is 5. The Morgan fingerprint density at radius 2 is 2.35 bits per heavy atom. The summed E-state index contributed by atoms with van der Waals surface area (Å²) in [5.74, 6) is 0.758. The number of benzene rings is 1. The van der Waals surface area contributed by atoms with Crippen molar-refractivity contribution in [1.29, 1.82) is 0 Å². The molecule has 1 atom stereocenters. The first-order chi connectivity index (χ1) is 11.2. The summed E-state index contributed by atoms with van der Waals surface area (Å²) < 4.78 is 6.87. The van der Waals surface area contributed by atoms with Gasteiger partial charge >= 0.3 is 5.97 Å². The van der Waals surface area contributed by atoms with Gasteiger partial charge in [-0.1, -0.05) is 12.1 Å². The highest BCUT2D eigenvalue weighted by Crippen LogP contribution is 2.23. The monoisotopic (exact) mass is 314 g/mol. The maximum absolute atomic E-state index is 11.7. The molecule has 1 unspecified atom stereocenters. The topological polar surface area (TPSA) is 59.4 Å². The highest BCUT2D eigenvalue weighted by molar-refractivity contribution is 5.89. The molecule has 122 valence electrons. The molecule has 2 aromatic rings. The minimum absolute atomic E-state index is 0.227. The van der Waals surface area contributed by atoms with E-state index in [4.69, 9.17) is 4.74 Å². The Bertz CT molecular complexity index is 683. The van der Waals surface area contributed by atoms with Crippen LogP contribution in [0.3, 0.4) is 0 Å². The number of aryl methyl sites for hydroxylation is 1. The SMILES string of the molecule is COC(=O)c1cccc(CN2CCNCC2c2nccn2C)c1. The minimum atomic E-state index is -0.298. The van der Waals surface area contributed by atoms with E-state index in [1.807, 2.05) is 37.6 Å². The summed E-state index contributed by atoms with van der Waals surface area (Å²) >= 11 is 0. The molecule has 1 fully saturated rings. The first kappa shape index (κ1) is 15.7. The zero-order chi connectivity index (χ0) is 16.2.